The van der Waals surface area contributed by atoms with Gasteiger partial charge in [-0.15, -0.1) is 10.2 Å². The Balaban J connectivity index is 1.60. The number of nitrogens with zero attached hydrogens (tertiary/aromatic N) is 3. The molecule has 11 nitrogen and oxygen atoms in total. The summed E-state index contributed by atoms with van der Waals surface area (Å²) in [6.07, 6.45) is -1.51. The second-order valence-electron chi connectivity index (χ2n) is 7.62. The third kappa shape index (κ3) is 7.82. The molecule has 1 heterocycles. The monoisotopic (exact) mass is 513 g/mol. The van der Waals surface area contributed by atoms with E-state index in [4.69, 9.17) is 4.74 Å². The summed E-state index contributed by atoms with van der Waals surface area (Å²) in [6, 6.07) is 14.5. The number of aliphatic carboxylic acids is 1. The fraction of sp³-hybridized carbons (Fsp3) is 0.292. The average molecular weight is 514 g/mol. The molecular weight excluding hydrogens is 486 g/mol. The van der Waals surface area contributed by atoms with Crippen molar-refractivity contribution in [2.24, 2.45) is 0 Å². The molecule has 2 aromatic carbocycles. The van der Waals surface area contributed by atoms with Crippen LogP contribution >= 0.6 is 11.8 Å². The Labute approximate surface area is 211 Å². The van der Waals surface area contributed by atoms with Gasteiger partial charge in [0.1, 0.15) is 19.3 Å². The highest BCUT2D eigenvalue weighted by molar-refractivity contribution is 7.99. The molecule has 12 heteroatoms. The molecule has 0 fully saturated rings. The molecule has 0 unspecified atom stereocenters. The number of amides is 2. The summed E-state index contributed by atoms with van der Waals surface area (Å²) in [4.78, 5) is 36.1. The molecule has 2 amide bonds. The Kier molecular flexibility index (Phi) is 9.83. The lowest BCUT2D eigenvalue weighted by Crippen LogP contribution is -2.45. The van der Waals surface area contributed by atoms with Crippen molar-refractivity contribution in [3.05, 3.63) is 71.5 Å². The van der Waals surface area contributed by atoms with Crippen LogP contribution in [0, 0.1) is 0 Å². The van der Waals surface area contributed by atoms with E-state index in [0.717, 1.165) is 16.9 Å². The van der Waals surface area contributed by atoms with Gasteiger partial charge in [0.05, 0.1) is 13.0 Å². The maximum absolute atomic E-state index is 12.7. The molecule has 36 heavy (non-hydrogen) atoms. The minimum Gasteiger partial charge on any atom is -0.481 e. The first-order valence-corrected chi connectivity index (χ1v) is 12.1. The molecular formula is C24H27N5O6S. The number of rotatable bonds is 12. The number of carboxylic acids is 1. The van der Waals surface area contributed by atoms with E-state index in [0.29, 0.717) is 23.2 Å². The van der Waals surface area contributed by atoms with Crippen LogP contribution in [0.1, 0.15) is 30.3 Å². The number of carbonyl (C=O) groups is 3. The number of carboxylic acid groups (broad SMARTS) is 1. The van der Waals surface area contributed by atoms with Crippen LogP contribution in [0.3, 0.4) is 0 Å². The number of aromatic nitrogens is 3. The number of benzene rings is 2. The molecule has 0 aliphatic carbocycles. The lowest BCUT2D eigenvalue weighted by atomic mass is 10.1. The summed E-state index contributed by atoms with van der Waals surface area (Å²) in [6.45, 7) is 2.17. The van der Waals surface area contributed by atoms with E-state index in [1.165, 1.54) is 11.8 Å². The number of nitrogens with one attached hydrogen (secondary N) is 2. The minimum atomic E-state index is -1.33. The molecule has 0 bridgehead atoms. The van der Waals surface area contributed by atoms with Crippen molar-refractivity contribution in [2.45, 2.75) is 44.3 Å². The highest BCUT2D eigenvalue weighted by atomic mass is 32.2. The zero-order valence-corrected chi connectivity index (χ0v) is 20.4. The van der Waals surface area contributed by atoms with Crippen LogP contribution in [-0.4, -0.2) is 54.7 Å². The maximum Gasteiger partial charge on any atom is 0.408 e. The van der Waals surface area contributed by atoms with Gasteiger partial charge < -0.3 is 25.6 Å². The van der Waals surface area contributed by atoms with Crippen molar-refractivity contribution in [1.82, 2.24) is 20.1 Å². The van der Waals surface area contributed by atoms with E-state index in [9.17, 15) is 24.6 Å². The number of aliphatic hydroxyl groups excluding tert-OH is 1. The van der Waals surface area contributed by atoms with Gasteiger partial charge in [-0.3, -0.25) is 14.2 Å². The van der Waals surface area contributed by atoms with Crippen molar-refractivity contribution in [2.75, 3.05) is 11.1 Å². The summed E-state index contributed by atoms with van der Waals surface area (Å²) in [5, 5.41) is 32.4. The number of carbonyl (C=O) groups excluding carboxylic acids is 2. The average Bonchev–Trinajstić information content (AvgIpc) is 3.25. The Hall–Kier alpha value is -3.90. The number of hydrogen-bond acceptors (Lipinski definition) is 8. The van der Waals surface area contributed by atoms with E-state index >= 15 is 0 Å². The predicted molar refractivity (Wildman–Crippen MR) is 132 cm³/mol. The van der Waals surface area contributed by atoms with Gasteiger partial charge >= 0.3 is 12.1 Å². The predicted octanol–water partition coefficient (Wildman–Crippen LogP) is 2.64. The largest absolute Gasteiger partial charge is 0.481 e. The third-order valence-electron chi connectivity index (χ3n) is 4.97. The van der Waals surface area contributed by atoms with E-state index < -0.39 is 30.4 Å². The zero-order valence-electron chi connectivity index (χ0n) is 19.6. The summed E-state index contributed by atoms with van der Waals surface area (Å²) in [5.74, 6) is -0.682. The quantitative estimate of drug-likeness (QED) is 0.267. The smallest absolute Gasteiger partial charge is 0.408 e. The van der Waals surface area contributed by atoms with Gasteiger partial charge in [-0.25, -0.2) is 4.79 Å². The Morgan fingerprint density at radius 3 is 2.42 bits per heavy atom. The van der Waals surface area contributed by atoms with Crippen LogP contribution in [0.4, 0.5) is 10.5 Å². The van der Waals surface area contributed by atoms with Crippen LogP contribution in [-0.2, 0) is 34.1 Å². The molecule has 0 aliphatic heterocycles. The first-order valence-electron chi connectivity index (χ1n) is 11.1. The number of ether oxygens (including phenoxy) is 1. The topological polar surface area (TPSA) is 156 Å². The molecule has 0 aliphatic rings. The van der Waals surface area contributed by atoms with Crippen molar-refractivity contribution >= 4 is 35.4 Å². The SMILES string of the molecule is CCSc1nnc(CO)n1Cc1ccc(NC(=O)[C@H](CC(=O)O)NC(=O)OCc2ccccc2)cc1. The Bertz CT molecular complexity index is 1170. The second-order valence-corrected chi connectivity index (χ2v) is 8.85. The van der Waals surface area contributed by atoms with Crippen molar-refractivity contribution in [3.63, 3.8) is 0 Å². The van der Waals surface area contributed by atoms with E-state index in [2.05, 4.69) is 20.8 Å². The third-order valence-corrected chi connectivity index (χ3v) is 5.82. The molecule has 1 aromatic heterocycles. The summed E-state index contributed by atoms with van der Waals surface area (Å²) in [5.41, 5.74) is 2.06. The van der Waals surface area contributed by atoms with Gasteiger partial charge in [0.15, 0.2) is 11.0 Å². The summed E-state index contributed by atoms with van der Waals surface area (Å²) in [7, 11) is 0. The van der Waals surface area contributed by atoms with Crippen molar-refractivity contribution < 1.29 is 29.3 Å². The van der Waals surface area contributed by atoms with Crippen molar-refractivity contribution in [1.29, 1.82) is 0 Å². The fourth-order valence-electron chi connectivity index (χ4n) is 3.23. The van der Waals surface area contributed by atoms with Crippen LogP contribution < -0.4 is 10.6 Å². The molecule has 0 saturated carbocycles. The first kappa shape index (κ1) is 26.7. The zero-order chi connectivity index (χ0) is 25.9. The van der Waals surface area contributed by atoms with Gasteiger partial charge in [-0.2, -0.15) is 0 Å². The van der Waals surface area contributed by atoms with E-state index in [-0.39, 0.29) is 13.2 Å². The molecule has 0 saturated heterocycles. The lowest BCUT2D eigenvalue weighted by Gasteiger charge is -2.17. The van der Waals surface area contributed by atoms with Crippen LogP contribution in [0.5, 0.6) is 0 Å². The van der Waals surface area contributed by atoms with E-state index in [1.54, 1.807) is 48.5 Å². The molecule has 0 spiro atoms. The molecule has 190 valence electrons. The van der Waals surface area contributed by atoms with Crippen LogP contribution in [0.2, 0.25) is 0 Å². The van der Waals surface area contributed by atoms with E-state index in [1.807, 2.05) is 17.6 Å². The van der Waals surface area contributed by atoms with Gasteiger partial charge in [0.25, 0.3) is 0 Å². The van der Waals surface area contributed by atoms with Crippen LogP contribution in [0.25, 0.3) is 0 Å². The van der Waals surface area contributed by atoms with Gasteiger partial charge in [-0.05, 0) is 29.0 Å². The fourth-order valence-corrected chi connectivity index (χ4v) is 3.91. The molecule has 4 N–H and O–H groups in total. The van der Waals surface area contributed by atoms with Crippen LogP contribution in [0.15, 0.2) is 59.8 Å². The first-order chi connectivity index (χ1) is 17.4. The minimum absolute atomic E-state index is 0.0154. The molecule has 3 rings (SSSR count). The number of thioether (sulfide) groups is 1. The Morgan fingerprint density at radius 2 is 1.78 bits per heavy atom. The number of anilines is 1. The van der Waals surface area contributed by atoms with Gasteiger partial charge in [-0.1, -0.05) is 61.2 Å². The maximum atomic E-state index is 12.7. The van der Waals surface area contributed by atoms with Gasteiger partial charge in [0, 0.05) is 5.69 Å². The normalized spacial score (nSPS) is 11.5. The molecule has 1 atom stereocenters. The second kappa shape index (κ2) is 13.3. The standard InChI is InChI=1S/C24H27N5O6S/c1-2-36-23-28-27-20(14-30)29(23)13-16-8-10-18(11-9-16)25-22(33)19(12-21(31)32)26-24(34)35-15-17-6-4-3-5-7-17/h3-11,19,30H,2,12-15H2,1H3,(H,25,33)(H,26,34)(H,31,32)/t19-/m0/s1. The molecule has 0 radical (unpaired) electrons. The summed E-state index contributed by atoms with van der Waals surface area (Å²) < 4.78 is 6.91. The number of hydrogen-bond donors (Lipinski definition) is 4. The van der Waals surface area contributed by atoms with Gasteiger partial charge in [0.2, 0.25) is 5.91 Å². The lowest BCUT2D eigenvalue weighted by molar-refractivity contribution is -0.139. The highest BCUT2D eigenvalue weighted by Gasteiger charge is 2.24. The number of aliphatic hydroxyl groups is 1. The van der Waals surface area contributed by atoms with Crippen molar-refractivity contribution in [3.8, 4) is 0 Å². The Morgan fingerprint density at radius 1 is 1.06 bits per heavy atom. The highest BCUT2D eigenvalue weighted by Crippen LogP contribution is 2.19. The summed E-state index contributed by atoms with van der Waals surface area (Å²) >= 11 is 1.51. The molecule has 3 aromatic rings. The number of alkyl carbamates (subject to hydrolysis) is 1.